The zero-order valence-corrected chi connectivity index (χ0v) is 16.3. The fourth-order valence-corrected chi connectivity index (χ4v) is 3.74. The van der Waals surface area contributed by atoms with Crippen LogP contribution in [0, 0.1) is 5.92 Å². The minimum Gasteiger partial charge on any atom is -0.497 e. The van der Waals surface area contributed by atoms with Gasteiger partial charge in [-0.25, -0.2) is 0 Å². The number of benzene rings is 2. The average molecular weight is 385 g/mol. The van der Waals surface area contributed by atoms with Crippen LogP contribution in [-0.4, -0.2) is 19.5 Å². The second kappa shape index (κ2) is 9.61. The quantitative estimate of drug-likeness (QED) is 0.435. The highest BCUT2D eigenvalue weighted by Gasteiger charge is 2.23. The third-order valence-corrected chi connectivity index (χ3v) is 5.40. The van der Waals surface area contributed by atoms with E-state index in [0.717, 1.165) is 43.8 Å². The van der Waals surface area contributed by atoms with Crippen molar-refractivity contribution >= 4 is 17.4 Å². The third kappa shape index (κ3) is 5.36. The van der Waals surface area contributed by atoms with E-state index in [1.165, 1.54) is 17.2 Å². The van der Waals surface area contributed by atoms with Gasteiger partial charge >= 0.3 is 0 Å². The Labute approximate surface area is 165 Å². The lowest BCUT2D eigenvalue weighted by Crippen LogP contribution is -2.19. The van der Waals surface area contributed by atoms with E-state index in [1.807, 2.05) is 36.4 Å². The number of allylic oxidation sites excluding steroid dienone is 1. The number of carbonyl (C=O) groups excluding carboxylic acids is 1. The van der Waals surface area contributed by atoms with Crippen molar-refractivity contribution in [1.82, 2.24) is 0 Å². The first-order valence-electron chi connectivity index (χ1n) is 9.37. The highest BCUT2D eigenvalue weighted by atomic mass is 35.5. The molecule has 2 aromatic carbocycles. The summed E-state index contributed by atoms with van der Waals surface area (Å²) in [4.78, 5) is 11.8. The highest BCUT2D eigenvalue weighted by molar-refractivity contribution is 6.27. The van der Waals surface area contributed by atoms with Gasteiger partial charge in [0.2, 0.25) is 0 Å². The number of ketones is 1. The second-order valence-corrected chi connectivity index (χ2v) is 7.24. The molecule has 0 heterocycles. The number of ether oxygens (including phenoxy) is 2. The Balaban J connectivity index is 1.47. The van der Waals surface area contributed by atoms with Crippen LogP contribution in [0.2, 0.25) is 0 Å². The molecule has 0 aromatic heterocycles. The van der Waals surface area contributed by atoms with Crippen LogP contribution in [0.15, 0.2) is 60.1 Å². The molecule has 27 heavy (non-hydrogen) atoms. The van der Waals surface area contributed by atoms with E-state index in [4.69, 9.17) is 21.1 Å². The van der Waals surface area contributed by atoms with Crippen molar-refractivity contribution in [3.05, 3.63) is 71.3 Å². The Bertz CT molecular complexity index is 757. The largest absolute Gasteiger partial charge is 0.497 e. The molecular weight excluding hydrogens is 360 g/mol. The van der Waals surface area contributed by atoms with Gasteiger partial charge in [-0.2, -0.15) is 0 Å². The van der Waals surface area contributed by atoms with Gasteiger partial charge in [-0.05, 0) is 73.4 Å². The molecule has 3 rings (SSSR count). The summed E-state index contributed by atoms with van der Waals surface area (Å²) in [7, 11) is 1.66. The van der Waals surface area contributed by atoms with Crippen molar-refractivity contribution in [1.29, 1.82) is 0 Å². The van der Waals surface area contributed by atoms with Crippen LogP contribution < -0.4 is 9.47 Å². The molecule has 0 spiro atoms. The summed E-state index contributed by atoms with van der Waals surface area (Å²) in [6.45, 7) is 0.761. The van der Waals surface area contributed by atoms with Crippen molar-refractivity contribution in [3.63, 3.8) is 0 Å². The van der Waals surface area contributed by atoms with E-state index in [1.54, 1.807) is 7.11 Å². The standard InChI is InChI=1S/C23H25ClO3/c1-26-21-10-12-22(13-11-21)27-16-17-2-4-18(5-3-17)19-6-8-20(9-7-19)23(25)14-15-24/h6-15,17-18H,2-5,16H2,1H3/b15-14+/t17-,18-. The molecule has 0 unspecified atom stereocenters. The summed E-state index contributed by atoms with van der Waals surface area (Å²) in [5, 5.41) is 0. The van der Waals surface area contributed by atoms with Crippen LogP contribution in [0.5, 0.6) is 11.5 Å². The molecule has 1 saturated carbocycles. The van der Waals surface area contributed by atoms with E-state index in [2.05, 4.69) is 12.1 Å². The number of hydrogen-bond acceptors (Lipinski definition) is 3. The molecule has 4 heteroatoms. The first-order chi connectivity index (χ1) is 13.2. The number of rotatable bonds is 7. The zero-order chi connectivity index (χ0) is 19.1. The first-order valence-corrected chi connectivity index (χ1v) is 9.81. The van der Waals surface area contributed by atoms with Crippen LogP contribution in [-0.2, 0) is 0 Å². The van der Waals surface area contributed by atoms with Gasteiger partial charge in [0, 0.05) is 11.1 Å². The number of carbonyl (C=O) groups is 1. The summed E-state index contributed by atoms with van der Waals surface area (Å²) >= 11 is 5.47. The summed E-state index contributed by atoms with van der Waals surface area (Å²) in [5.41, 5.74) is 3.25. The van der Waals surface area contributed by atoms with E-state index < -0.39 is 0 Å². The fourth-order valence-electron chi connectivity index (χ4n) is 3.62. The van der Waals surface area contributed by atoms with E-state index in [-0.39, 0.29) is 5.78 Å². The average Bonchev–Trinajstić information content (AvgIpc) is 2.73. The van der Waals surface area contributed by atoms with Crippen LogP contribution >= 0.6 is 11.6 Å². The predicted octanol–water partition coefficient (Wildman–Crippen LogP) is 5.98. The summed E-state index contributed by atoms with van der Waals surface area (Å²) in [5.74, 6) is 2.84. The van der Waals surface area contributed by atoms with Gasteiger partial charge in [0.15, 0.2) is 5.78 Å². The Morgan fingerprint density at radius 1 is 1.00 bits per heavy atom. The highest BCUT2D eigenvalue weighted by Crippen LogP contribution is 2.36. The molecule has 0 radical (unpaired) electrons. The molecule has 0 bridgehead atoms. The smallest absolute Gasteiger partial charge is 0.186 e. The van der Waals surface area contributed by atoms with Crippen LogP contribution in [0.25, 0.3) is 0 Å². The Morgan fingerprint density at radius 2 is 1.63 bits per heavy atom. The molecule has 0 atom stereocenters. The van der Waals surface area contributed by atoms with Gasteiger partial charge in [-0.15, -0.1) is 0 Å². The van der Waals surface area contributed by atoms with Crippen LogP contribution in [0.3, 0.4) is 0 Å². The van der Waals surface area contributed by atoms with Gasteiger partial charge in [-0.1, -0.05) is 35.9 Å². The number of halogens is 1. The molecule has 0 aliphatic heterocycles. The Morgan fingerprint density at radius 3 is 2.22 bits per heavy atom. The second-order valence-electron chi connectivity index (χ2n) is 6.98. The van der Waals surface area contributed by atoms with Crippen molar-refractivity contribution in [2.75, 3.05) is 13.7 Å². The van der Waals surface area contributed by atoms with Crippen LogP contribution in [0.1, 0.15) is 47.5 Å². The minimum absolute atomic E-state index is 0.0593. The maximum absolute atomic E-state index is 11.8. The molecule has 0 saturated heterocycles. The molecule has 142 valence electrons. The summed E-state index contributed by atoms with van der Waals surface area (Å²) in [6.07, 6.45) is 6.02. The van der Waals surface area contributed by atoms with Gasteiger partial charge in [-0.3, -0.25) is 4.79 Å². The molecule has 1 aliphatic carbocycles. The summed E-state index contributed by atoms with van der Waals surface area (Å²) in [6, 6.07) is 15.7. The SMILES string of the molecule is COc1ccc(OC[C@H]2CC[C@H](c3ccc(C(=O)/C=C/Cl)cc3)CC2)cc1. The lowest BCUT2D eigenvalue weighted by atomic mass is 9.79. The fraction of sp³-hybridized carbons (Fsp3) is 0.348. The van der Waals surface area contributed by atoms with Crippen LogP contribution in [0.4, 0.5) is 0 Å². The summed E-state index contributed by atoms with van der Waals surface area (Å²) < 4.78 is 11.1. The minimum atomic E-state index is -0.0593. The molecule has 0 amide bonds. The molecule has 2 aromatic rings. The maximum Gasteiger partial charge on any atom is 0.186 e. The molecule has 0 N–H and O–H groups in total. The van der Waals surface area contributed by atoms with Crippen molar-refractivity contribution in [3.8, 4) is 11.5 Å². The van der Waals surface area contributed by atoms with Gasteiger partial charge in [0.25, 0.3) is 0 Å². The maximum atomic E-state index is 11.8. The van der Waals surface area contributed by atoms with E-state index >= 15 is 0 Å². The molecule has 3 nitrogen and oxygen atoms in total. The van der Waals surface area contributed by atoms with E-state index in [9.17, 15) is 4.79 Å². The van der Waals surface area contributed by atoms with Crippen molar-refractivity contribution in [2.45, 2.75) is 31.6 Å². The normalized spacial score (nSPS) is 19.8. The lowest BCUT2D eigenvalue weighted by Gasteiger charge is -2.28. The van der Waals surface area contributed by atoms with Gasteiger partial charge < -0.3 is 9.47 Å². The topological polar surface area (TPSA) is 35.5 Å². The Hall–Kier alpha value is -2.26. The van der Waals surface area contributed by atoms with Crippen molar-refractivity contribution < 1.29 is 14.3 Å². The molecule has 1 aliphatic rings. The molecular formula is C23H25ClO3. The number of hydrogen-bond donors (Lipinski definition) is 0. The Kier molecular flexibility index (Phi) is 6.94. The van der Waals surface area contributed by atoms with Crippen molar-refractivity contribution in [2.24, 2.45) is 5.92 Å². The third-order valence-electron chi connectivity index (χ3n) is 5.27. The zero-order valence-electron chi connectivity index (χ0n) is 15.6. The van der Waals surface area contributed by atoms with E-state index in [0.29, 0.717) is 17.4 Å². The van der Waals surface area contributed by atoms with Gasteiger partial charge in [0.05, 0.1) is 13.7 Å². The number of methoxy groups -OCH3 is 1. The monoisotopic (exact) mass is 384 g/mol. The first kappa shape index (κ1) is 19.5. The molecule has 1 fully saturated rings. The van der Waals surface area contributed by atoms with Gasteiger partial charge in [0.1, 0.15) is 11.5 Å². The predicted molar refractivity (Wildman–Crippen MR) is 109 cm³/mol. The lowest BCUT2D eigenvalue weighted by molar-refractivity contribution is 0.104.